The predicted molar refractivity (Wildman–Crippen MR) is 102 cm³/mol. The Balaban J connectivity index is 1.63. The predicted octanol–water partition coefficient (Wildman–Crippen LogP) is 3.88. The number of allylic oxidation sites excluding steroid dienone is 1. The molecule has 1 aromatic carbocycles. The average Bonchev–Trinajstić information content (AvgIpc) is 3.24. The molecule has 0 radical (unpaired) electrons. The fraction of sp³-hybridized carbons (Fsp3) is 0.571. The number of ketones is 1. The van der Waals surface area contributed by atoms with Crippen LogP contribution in [0.3, 0.4) is 0 Å². The number of carbonyl (C=O) groups is 1. The summed E-state index contributed by atoms with van der Waals surface area (Å²) in [6, 6.07) is 6.99. The monoisotopic (exact) mass is 373 g/mol. The topological polar surface area (TPSA) is 54.5 Å². The van der Waals surface area contributed by atoms with Gasteiger partial charge in [-0.3, -0.25) is 4.79 Å². The van der Waals surface area contributed by atoms with E-state index in [1.807, 2.05) is 18.2 Å². The SMILES string of the molecule is CC12CCC(/C(=C\c3ccc(S(=O)(=O)N4CCCC4)cc3)C1=O)C2(C)C. The normalized spacial score (nSPS) is 32.7. The molecule has 0 amide bonds. The van der Waals surface area contributed by atoms with Gasteiger partial charge in [-0.25, -0.2) is 8.42 Å². The van der Waals surface area contributed by atoms with E-state index in [4.69, 9.17) is 0 Å². The van der Waals surface area contributed by atoms with Crippen LogP contribution in [0.25, 0.3) is 6.08 Å². The van der Waals surface area contributed by atoms with Crippen LogP contribution in [0.2, 0.25) is 0 Å². The first kappa shape index (κ1) is 17.9. The Kier molecular flexibility index (Phi) is 3.98. The van der Waals surface area contributed by atoms with Crippen molar-refractivity contribution in [1.82, 2.24) is 4.31 Å². The van der Waals surface area contributed by atoms with Crippen LogP contribution in [0.4, 0.5) is 0 Å². The molecule has 1 saturated heterocycles. The van der Waals surface area contributed by atoms with Crippen LogP contribution >= 0.6 is 0 Å². The molecule has 3 fully saturated rings. The first-order valence-electron chi connectivity index (χ1n) is 9.54. The molecule has 0 aromatic heterocycles. The Morgan fingerprint density at radius 1 is 1.08 bits per heavy atom. The zero-order valence-electron chi connectivity index (χ0n) is 15.8. The summed E-state index contributed by atoms with van der Waals surface area (Å²) in [6.07, 6.45) is 5.87. The van der Waals surface area contributed by atoms with E-state index in [0.29, 0.717) is 23.9 Å². The van der Waals surface area contributed by atoms with E-state index in [0.717, 1.165) is 36.8 Å². The van der Waals surface area contributed by atoms with Gasteiger partial charge in [0.15, 0.2) is 5.78 Å². The van der Waals surface area contributed by atoms with Crippen molar-refractivity contribution in [3.8, 4) is 0 Å². The smallest absolute Gasteiger partial charge is 0.243 e. The van der Waals surface area contributed by atoms with Gasteiger partial charge in [0, 0.05) is 18.5 Å². The highest BCUT2D eigenvalue weighted by Gasteiger charge is 2.63. The first-order valence-corrected chi connectivity index (χ1v) is 11.0. The van der Waals surface area contributed by atoms with Crippen LogP contribution in [0.5, 0.6) is 0 Å². The zero-order valence-corrected chi connectivity index (χ0v) is 16.6. The Morgan fingerprint density at radius 3 is 2.23 bits per heavy atom. The minimum Gasteiger partial charge on any atom is -0.294 e. The summed E-state index contributed by atoms with van der Waals surface area (Å²) in [5.41, 5.74) is 1.55. The number of carbonyl (C=O) groups excluding carboxylic acids is 1. The molecule has 2 aliphatic carbocycles. The molecule has 2 atom stereocenters. The maximum absolute atomic E-state index is 12.9. The van der Waals surface area contributed by atoms with Crippen LogP contribution in [0.15, 0.2) is 34.7 Å². The van der Waals surface area contributed by atoms with Crippen molar-refractivity contribution in [2.24, 2.45) is 16.7 Å². The lowest BCUT2D eigenvalue weighted by Gasteiger charge is -2.31. The number of Topliss-reactive ketones (excluding diaryl/α,β-unsaturated/α-hetero) is 1. The van der Waals surface area contributed by atoms with E-state index in [9.17, 15) is 13.2 Å². The quantitative estimate of drug-likeness (QED) is 0.756. The van der Waals surface area contributed by atoms with Crippen molar-refractivity contribution in [1.29, 1.82) is 0 Å². The van der Waals surface area contributed by atoms with Crippen molar-refractivity contribution < 1.29 is 13.2 Å². The van der Waals surface area contributed by atoms with Gasteiger partial charge < -0.3 is 0 Å². The Hall–Kier alpha value is -1.46. The maximum atomic E-state index is 12.9. The number of sulfonamides is 1. The molecule has 2 saturated carbocycles. The minimum absolute atomic E-state index is 0.00501. The first-order chi connectivity index (χ1) is 12.2. The number of nitrogens with zero attached hydrogens (tertiary/aromatic N) is 1. The molecule has 140 valence electrons. The highest BCUT2D eigenvalue weighted by molar-refractivity contribution is 7.89. The lowest BCUT2D eigenvalue weighted by atomic mass is 9.70. The minimum atomic E-state index is -3.38. The van der Waals surface area contributed by atoms with E-state index in [-0.39, 0.29) is 16.6 Å². The molecule has 1 aliphatic heterocycles. The summed E-state index contributed by atoms with van der Waals surface area (Å²) in [5, 5.41) is 0. The van der Waals surface area contributed by atoms with Crippen molar-refractivity contribution in [3.05, 3.63) is 35.4 Å². The Bertz CT molecular complexity index is 876. The van der Waals surface area contributed by atoms with Crippen LogP contribution < -0.4 is 0 Å². The maximum Gasteiger partial charge on any atom is 0.243 e. The Labute approximate surface area is 156 Å². The van der Waals surface area contributed by atoms with Gasteiger partial charge in [-0.2, -0.15) is 4.31 Å². The molecule has 4 nitrogen and oxygen atoms in total. The van der Waals surface area contributed by atoms with Gasteiger partial charge in [0.2, 0.25) is 10.0 Å². The van der Waals surface area contributed by atoms with E-state index in [1.54, 1.807) is 16.4 Å². The fourth-order valence-corrected chi connectivity index (χ4v) is 6.60. The van der Waals surface area contributed by atoms with Crippen LogP contribution in [0.1, 0.15) is 52.0 Å². The van der Waals surface area contributed by atoms with Gasteiger partial charge in [0.25, 0.3) is 0 Å². The molecular formula is C21H27NO3S. The Morgan fingerprint density at radius 2 is 1.69 bits per heavy atom. The van der Waals surface area contributed by atoms with Crippen molar-refractivity contribution >= 4 is 21.9 Å². The third-order valence-electron chi connectivity index (χ3n) is 7.27. The second-order valence-electron chi connectivity index (χ2n) is 8.75. The van der Waals surface area contributed by atoms with Crippen LogP contribution in [-0.2, 0) is 14.8 Å². The number of fused-ring (bicyclic) bond motifs is 2. The summed E-state index contributed by atoms with van der Waals surface area (Å²) in [7, 11) is -3.38. The van der Waals surface area contributed by atoms with Crippen LogP contribution in [-0.4, -0.2) is 31.6 Å². The molecule has 2 unspecified atom stereocenters. The molecule has 0 N–H and O–H groups in total. The van der Waals surface area contributed by atoms with E-state index in [1.165, 1.54) is 0 Å². The van der Waals surface area contributed by atoms with E-state index >= 15 is 0 Å². The van der Waals surface area contributed by atoms with Crippen molar-refractivity contribution in [2.75, 3.05) is 13.1 Å². The number of hydrogen-bond acceptors (Lipinski definition) is 3. The average molecular weight is 374 g/mol. The molecular weight excluding hydrogens is 346 g/mol. The van der Waals surface area contributed by atoms with E-state index in [2.05, 4.69) is 20.8 Å². The fourth-order valence-electron chi connectivity index (χ4n) is 5.09. The number of hydrogen-bond donors (Lipinski definition) is 0. The van der Waals surface area contributed by atoms with Gasteiger partial charge in [-0.05, 0) is 66.4 Å². The standard InChI is InChI=1S/C21H27NO3S/c1-20(2)18-10-11-21(20,3)19(23)17(18)14-15-6-8-16(9-7-15)26(24,25)22-12-4-5-13-22/h6-9,14,18H,4-5,10-13H2,1-3H3/b17-14+. The molecule has 4 rings (SSSR count). The highest BCUT2D eigenvalue weighted by Crippen LogP contribution is 2.65. The second-order valence-corrected chi connectivity index (χ2v) is 10.7. The molecule has 0 spiro atoms. The summed E-state index contributed by atoms with van der Waals surface area (Å²) >= 11 is 0. The summed E-state index contributed by atoms with van der Waals surface area (Å²) in [4.78, 5) is 13.3. The molecule has 2 bridgehead atoms. The van der Waals surface area contributed by atoms with Crippen LogP contribution in [0, 0.1) is 16.7 Å². The molecule has 1 aromatic rings. The third kappa shape index (κ3) is 2.36. The van der Waals surface area contributed by atoms with Crippen molar-refractivity contribution in [2.45, 2.75) is 51.3 Å². The second kappa shape index (κ2) is 5.77. The molecule has 26 heavy (non-hydrogen) atoms. The third-order valence-corrected chi connectivity index (χ3v) is 9.18. The summed E-state index contributed by atoms with van der Waals surface area (Å²) in [5.74, 6) is 0.570. The molecule has 3 aliphatic rings. The van der Waals surface area contributed by atoms with Gasteiger partial charge in [0.05, 0.1) is 4.90 Å². The van der Waals surface area contributed by atoms with E-state index < -0.39 is 10.0 Å². The number of benzene rings is 1. The zero-order chi connectivity index (χ0) is 18.7. The van der Waals surface area contributed by atoms with Gasteiger partial charge >= 0.3 is 0 Å². The summed E-state index contributed by atoms with van der Waals surface area (Å²) < 4.78 is 26.8. The molecule has 5 heteroatoms. The summed E-state index contributed by atoms with van der Waals surface area (Å²) in [6.45, 7) is 7.72. The molecule has 1 heterocycles. The lowest BCUT2D eigenvalue weighted by Crippen LogP contribution is -2.32. The highest BCUT2D eigenvalue weighted by atomic mass is 32.2. The lowest BCUT2D eigenvalue weighted by molar-refractivity contribution is -0.125. The van der Waals surface area contributed by atoms with Gasteiger partial charge in [-0.15, -0.1) is 0 Å². The number of rotatable bonds is 3. The van der Waals surface area contributed by atoms with Gasteiger partial charge in [0.1, 0.15) is 0 Å². The largest absolute Gasteiger partial charge is 0.294 e. The van der Waals surface area contributed by atoms with Gasteiger partial charge in [-0.1, -0.05) is 32.9 Å². The van der Waals surface area contributed by atoms with Crippen molar-refractivity contribution in [3.63, 3.8) is 0 Å².